The number of carbonyl (C=O) groups is 2. The fourth-order valence-corrected chi connectivity index (χ4v) is 3.22. The van der Waals surface area contributed by atoms with Crippen molar-refractivity contribution in [2.24, 2.45) is 0 Å². The van der Waals surface area contributed by atoms with Crippen LogP contribution < -0.4 is 5.73 Å². The molecule has 0 saturated heterocycles. The first-order chi connectivity index (χ1) is 10.3. The number of aromatic nitrogens is 1. The number of aryl methyl sites for hydroxylation is 2. The minimum absolute atomic E-state index is 0.254. The monoisotopic (exact) mass is 322 g/mol. The number of esters is 2. The molecule has 2 aromatic rings. The molecule has 0 aliphatic rings. The summed E-state index contributed by atoms with van der Waals surface area (Å²) in [5.74, 6) is -1.23. The minimum Gasteiger partial charge on any atom is -0.460 e. The standard InChI is InChI=1S/C15H18N2O4S/c1-7(2)21-10(18)6-20-15(19)13-12(16)11-8(3)5-9(4)17-14(11)22-13/h5,7H,6,16H2,1-4H3. The van der Waals surface area contributed by atoms with Crippen LogP contribution in [0.2, 0.25) is 0 Å². The van der Waals surface area contributed by atoms with Crippen LogP contribution in [-0.2, 0) is 14.3 Å². The van der Waals surface area contributed by atoms with Crippen molar-refractivity contribution in [1.82, 2.24) is 4.98 Å². The van der Waals surface area contributed by atoms with Crippen LogP contribution in [0.5, 0.6) is 0 Å². The second-order valence-electron chi connectivity index (χ2n) is 5.22. The molecule has 0 aliphatic carbocycles. The quantitative estimate of drug-likeness (QED) is 0.870. The van der Waals surface area contributed by atoms with Gasteiger partial charge in [0.25, 0.3) is 0 Å². The van der Waals surface area contributed by atoms with E-state index in [4.69, 9.17) is 15.2 Å². The number of rotatable bonds is 4. The SMILES string of the molecule is Cc1cc(C)c2c(N)c(C(=O)OCC(=O)OC(C)C)sc2n1. The van der Waals surface area contributed by atoms with Crippen LogP contribution in [0.15, 0.2) is 6.07 Å². The molecule has 2 aromatic heterocycles. The summed E-state index contributed by atoms with van der Waals surface area (Å²) in [4.78, 5) is 28.8. The van der Waals surface area contributed by atoms with Gasteiger partial charge in [0.05, 0.1) is 11.8 Å². The van der Waals surface area contributed by atoms with E-state index in [0.717, 1.165) is 28.0 Å². The summed E-state index contributed by atoms with van der Waals surface area (Å²) in [7, 11) is 0. The van der Waals surface area contributed by atoms with E-state index in [2.05, 4.69) is 4.98 Å². The van der Waals surface area contributed by atoms with Gasteiger partial charge in [-0.05, 0) is 39.3 Å². The Morgan fingerprint density at radius 1 is 1.36 bits per heavy atom. The predicted molar refractivity (Wildman–Crippen MR) is 85.0 cm³/mol. The van der Waals surface area contributed by atoms with E-state index in [9.17, 15) is 9.59 Å². The molecule has 0 aromatic carbocycles. The summed E-state index contributed by atoms with van der Waals surface area (Å²) in [6.45, 7) is 6.80. The highest BCUT2D eigenvalue weighted by atomic mass is 32.1. The largest absolute Gasteiger partial charge is 0.460 e. The molecule has 0 amide bonds. The number of carbonyl (C=O) groups excluding carboxylic acids is 2. The number of hydrogen-bond donors (Lipinski definition) is 1. The van der Waals surface area contributed by atoms with Crippen molar-refractivity contribution >= 4 is 39.2 Å². The van der Waals surface area contributed by atoms with Gasteiger partial charge in [-0.3, -0.25) is 0 Å². The van der Waals surface area contributed by atoms with Crippen molar-refractivity contribution in [3.63, 3.8) is 0 Å². The molecule has 0 radical (unpaired) electrons. The Kier molecular flexibility index (Phi) is 4.65. The van der Waals surface area contributed by atoms with Crippen LogP contribution in [0.1, 0.15) is 34.8 Å². The summed E-state index contributed by atoms with van der Waals surface area (Å²) in [5, 5.41) is 0.757. The molecular formula is C15H18N2O4S. The third kappa shape index (κ3) is 3.36. The lowest BCUT2D eigenvalue weighted by Gasteiger charge is -2.08. The minimum atomic E-state index is -0.641. The fourth-order valence-electron chi connectivity index (χ4n) is 2.11. The lowest BCUT2D eigenvalue weighted by atomic mass is 10.1. The number of nitrogens with zero attached hydrogens (tertiary/aromatic N) is 1. The molecule has 0 fully saturated rings. The highest BCUT2D eigenvalue weighted by molar-refractivity contribution is 7.21. The maximum Gasteiger partial charge on any atom is 0.351 e. The van der Waals surface area contributed by atoms with Gasteiger partial charge >= 0.3 is 11.9 Å². The Labute approximate surface area is 132 Å². The number of ether oxygens (including phenoxy) is 2. The lowest BCUT2D eigenvalue weighted by Crippen LogP contribution is -2.19. The molecule has 0 aliphatic heterocycles. The van der Waals surface area contributed by atoms with Gasteiger partial charge in [-0.1, -0.05) is 0 Å². The first-order valence-electron chi connectivity index (χ1n) is 6.82. The molecule has 0 unspecified atom stereocenters. The van der Waals surface area contributed by atoms with Crippen LogP contribution in [0.25, 0.3) is 10.2 Å². The molecule has 0 bridgehead atoms. The smallest absolute Gasteiger partial charge is 0.351 e. The Balaban J connectivity index is 2.20. The Morgan fingerprint density at radius 3 is 2.68 bits per heavy atom. The molecule has 6 nitrogen and oxygen atoms in total. The molecule has 22 heavy (non-hydrogen) atoms. The maximum atomic E-state index is 12.1. The zero-order valence-electron chi connectivity index (χ0n) is 12.9. The average molecular weight is 322 g/mol. The van der Waals surface area contributed by atoms with Crippen molar-refractivity contribution in [3.05, 3.63) is 22.2 Å². The Morgan fingerprint density at radius 2 is 2.05 bits per heavy atom. The first kappa shape index (κ1) is 16.2. The first-order valence-corrected chi connectivity index (χ1v) is 7.64. The van der Waals surface area contributed by atoms with Gasteiger partial charge in [0.2, 0.25) is 0 Å². The van der Waals surface area contributed by atoms with Crippen molar-refractivity contribution in [2.45, 2.75) is 33.8 Å². The number of pyridine rings is 1. The van der Waals surface area contributed by atoms with Gasteiger partial charge in [0.1, 0.15) is 9.71 Å². The molecule has 118 valence electrons. The average Bonchev–Trinajstić information content (AvgIpc) is 2.72. The second kappa shape index (κ2) is 6.31. The van der Waals surface area contributed by atoms with Crippen molar-refractivity contribution in [3.8, 4) is 0 Å². The number of anilines is 1. The summed E-state index contributed by atoms with van der Waals surface area (Å²) in [6.07, 6.45) is -0.254. The van der Waals surface area contributed by atoms with Crippen LogP contribution >= 0.6 is 11.3 Å². The zero-order valence-corrected chi connectivity index (χ0v) is 13.7. The summed E-state index contributed by atoms with van der Waals surface area (Å²) in [6, 6.07) is 1.90. The van der Waals surface area contributed by atoms with E-state index in [-0.39, 0.29) is 11.0 Å². The van der Waals surface area contributed by atoms with E-state index in [1.54, 1.807) is 13.8 Å². The van der Waals surface area contributed by atoms with Gasteiger partial charge in [-0.2, -0.15) is 0 Å². The molecule has 2 rings (SSSR count). The van der Waals surface area contributed by atoms with E-state index in [1.165, 1.54) is 0 Å². The van der Waals surface area contributed by atoms with Gasteiger partial charge in [0, 0.05) is 11.1 Å². The highest BCUT2D eigenvalue weighted by Crippen LogP contribution is 2.35. The molecule has 0 saturated carbocycles. The Bertz CT molecular complexity index is 737. The molecular weight excluding hydrogens is 304 g/mol. The van der Waals surface area contributed by atoms with E-state index in [1.807, 2.05) is 19.9 Å². The molecule has 2 heterocycles. The van der Waals surface area contributed by atoms with E-state index < -0.39 is 18.5 Å². The Hall–Kier alpha value is -2.15. The number of nitrogen functional groups attached to an aromatic ring is 1. The normalized spacial score (nSPS) is 11.0. The van der Waals surface area contributed by atoms with Crippen LogP contribution in [-0.4, -0.2) is 29.6 Å². The zero-order chi connectivity index (χ0) is 16.4. The molecule has 7 heteroatoms. The van der Waals surface area contributed by atoms with Crippen LogP contribution in [0.4, 0.5) is 5.69 Å². The summed E-state index contributed by atoms with van der Waals surface area (Å²) >= 11 is 1.16. The highest BCUT2D eigenvalue weighted by Gasteiger charge is 2.21. The third-order valence-electron chi connectivity index (χ3n) is 2.90. The number of hydrogen-bond acceptors (Lipinski definition) is 7. The maximum absolute atomic E-state index is 12.1. The van der Waals surface area contributed by atoms with Gasteiger partial charge in [0.15, 0.2) is 6.61 Å². The van der Waals surface area contributed by atoms with Crippen molar-refractivity contribution in [1.29, 1.82) is 0 Å². The number of nitrogens with two attached hydrogens (primary N) is 1. The van der Waals surface area contributed by atoms with Crippen LogP contribution in [0.3, 0.4) is 0 Å². The van der Waals surface area contributed by atoms with Gasteiger partial charge < -0.3 is 15.2 Å². The van der Waals surface area contributed by atoms with E-state index in [0.29, 0.717) is 10.5 Å². The molecule has 2 N–H and O–H groups in total. The van der Waals surface area contributed by atoms with Crippen molar-refractivity contribution < 1.29 is 19.1 Å². The number of fused-ring (bicyclic) bond motifs is 1. The second-order valence-corrected chi connectivity index (χ2v) is 6.22. The summed E-state index contributed by atoms with van der Waals surface area (Å²) in [5.41, 5.74) is 8.18. The third-order valence-corrected chi connectivity index (χ3v) is 3.98. The molecule has 0 spiro atoms. The lowest BCUT2D eigenvalue weighted by molar-refractivity contribution is -0.150. The molecule has 0 atom stereocenters. The fraction of sp³-hybridized carbons (Fsp3) is 0.400. The van der Waals surface area contributed by atoms with Gasteiger partial charge in [-0.25, -0.2) is 14.6 Å². The van der Waals surface area contributed by atoms with Gasteiger partial charge in [-0.15, -0.1) is 11.3 Å². The number of thiophene rings is 1. The predicted octanol–water partition coefficient (Wildman–Crippen LogP) is 2.60. The van der Waals surface area contributed by atoms with Crippen LogP contribution in [0, 0.1) is 13.8 Å². The van der Waals surface area contributed by atoms with E-state index >= 15 is 0 Å². The summed E-state index contributed by atoms with van der Waals surface area (Å²) < 4.78 is 9.86. The van der Waals surface area contributed by atoms with Crippen molar-refractivity contribution in [2.75, 3.05) is 12.3 Å². The topological polar surface area (TPSA) is 91.5 Å².